The molecule has 1 amide bonds. The van der Waals surface area contributed by atoms with E-state index in [2.05, 4.69) is 4.90 Å². The Balaban J connectivity index is 1.19. The largest absolute Gasteiger partial charge is 0.422 e. The maximum Gasteiger partial charge on any atom is 0.349 e. The van der Waals surface area contributed by atoms with Crippen molar-refractivity contribution in [3.8, 4) is 0 Å². The molecule has 2 aromatic rings. The summed E-state index contributed by atoms with van der Waals surface area (Å²) in [7, 11) is 0. The van der Waals surface area contributed by atoms with Gasteiger partial charge in [-0.05, 0) is 68.4 Å². The van der Waals surface area contributed by atoms with E-state index in [1.54, 1.807) is 12.1 Å². The van der Waals surface area contributed by atoms with Crippen LogP contribution < -0.4 is 5.63 Å². The van der Waals surface area contributed by atoms with Gasteiger partial charge in [-0.25, -0.2) is 4.79 Å². The lowest BCUT2D eigenvalue weighted by molar-refractivity contribution is -0.0987. The fourth-order valence-electron chi connectivity index (χ4n) is 7.22. The van der Waals surface area contributed by atoms with Crippen molar-refractivity contribution in [1.29, 1.82) is 0 Å². The monoisotopic (exact) mass is 392 g/mol. The van der Waals surface area contributed by atoms with Gasteiger partial charge in [0.15, 0.2) is 0 Å². The third kappa shape index (κ3) is 2.85. The van der Waals surface area contributed by atoms with Crippen molar-refractivity contribution < 1.29 is 9.21 Å². The van der Waals surface area contributed by atoms with E-state index in [9.17, 15) is 9.59 Å². The van der Waals surface area contributed by atoms with Crippen molar-refractivity contribution in [3.05, 3.63) is 46.3 Å². The topological polar surface area (TPSA) is 53.8 Å². The highest BCUT2D eigenvalue weighted by atomic mass is 16.4. The molecule has 29 heavy (non-hydrogen) atoms. The molecule has 0 atom stereocenters. The van der Waals surface area contributed by atoms with E-state index in [1.807, 2.05) is 23.1 Å². The number of amides is 1. The molecule has 0 N–H and O–H groups in total. The van der Waals surface area contributed by atoms with Crippen LogP contribution >= 0.6 is 0 Å². The highest BCUT2D eigenvalue weighted by molar-refractivity contribution is 5.96. The number of carbonyl (C=O) groups is 1. The van der Waals surface area contributed by atoms with E-state index in [4.69, 9.17) is 4.42 Å². The van der Waals surface area contributed by atoms with E-state index in [1.165, 1.54) is 38.5 Å². The number of benzene rings is 1. The molecule has 152 valence electrons. The fourth-order valence-corrected chi connectivity index (χ4v) is 7.22. The lowest BCUT2D eigenvalue weighted by Gasteiger charge is -2.61. The van der Waals surface area contributed by atoms with Gasteiger partial charge in [0.25, 0.3) is 5.91 Å². The molecule has 4 bridgehead atoms. The van der Waals surface area contributed by atoms with Crippen molar-refractivity contribution in [1.82, 2.24) is 9.80 Å². The first kappa shape index (κ1) is 17.7. The van der Waals surface area contributed by atoms with Gasteiger partial charge in [-0.2, -0.15) is 0 Å². The average molecular weight is 392 g/mol. The highest BCUT2D eigenvalue weighted by Gasteiger charge is 2.53. The maximum absolute atomic E-state index is 13.1. The Labute approximate surface area is 170 Å². The van der Waals surface area contributed by atoms with Crippen LogP contribution in [0.3, 0.4) is 0 Å². The lowest BCUT2D eigenvalue weighted by atomic mass is 9.52. The Bertz CT molecular complexity index is 983. The second kappa shape index (κ2) is 6.43. The Hall–Kier alpha value is -2.14. The summed E-state index contributed by atoms with van der Waals surface area (Å²) in [5.41, 5.74) is 0.552. The van der Waals surface area contributed by atoms with Crippen LogP contribution in [0.15, 0.2) is 39.5 Å². The molecule has 2 heterocycles. The van der Waals surface area contributed by atoms with Crippen LogP contribution in [0.2, 0.25) is 0 Å². The lowest BCUT2D eigenvalue weighted by Crippen LogP contribution is -2.64. The van der Waals surface area contributed by atoms with Gasteiger partial charge in [0.05, 0.1) is 0 Å². The van der Waals surface area contributed by atoms with Gasteiger partial charge in [0, 0.05) is 37.1 Å². The number of carbonyl (C=O) groups excluding carboxylic acids is 1. The normalized spacial score (nSPS) is 34.1. The molecule has 1 aromatic heterocycles. The molecule has 0 radical (unpaired) electrons. The zero-order valence-corrected chi connectivity index (χ0v) is 16.8. The summed E-state index contributed by atoms with van der Waals surface area (Å²) < 4.78 is 5.38. The van der Waals surface area contributed by atoms with Gasteiger partial charge in [-0.3, -0.25) is 9.69 Å². The molecular weight excluding hydrogens is 364 g/mol. The zero-order valence-electron chi connectivity index (χ0n) is 16.8. The van der Waals surface area contributed by atoms with Gasteiger partial charge in [0.2, 0.25) is 0 Å². The molecule has 4 saturated carbocycles. The Morgan fingerprint density at radius 2 is 1.55 bits per heavy atom. The zero-order chi connectivity index (χ0) is 19.6. The van der Waals surface area contributed by atoms with Gasteiger partial charge in [-0.15, -0.1) is 0 Å². The molecular formula is C24H28N2O3. The van der Waals surface area contributed by atoms with E-state index >= 15 is 0 Å². The summed E-state index contributed by atoms with van der Waals surface area (Å²) in [6, 6.07) is 9.04. The Morgan fingerprint density at radius 1 is 0.931 bits per heavy atom. The molecule has 4 aliphatic carbocycles. The maximum atomic E-state index is 13.1. The van der Waals surface area contributed by atoms with E-state index in [0.29, 0.717) is 24.2 Å². The van der Waals surface area contributed by atoms with E-state index < -0.39 is 5.63 Å². The molecule has 1 aliphatic heterocycles. The van der Waals surface area contributed by atoms with Crippen LogP contribution in [-0.2, 0) is 0 Å². The van der Waals surface area contributed by atoms with Crippen LogP contribution in [0.5, 0.6) is 0 Å². The molecule has 5 aliphatic rings. The number of fused-ring (bicyclic) bond motifs is 1. The average Bonchev–Trinajstić information content (AvgIpc) is 2.72. The summed E-state index contributed by atoms with van der Waals surface area (Å²) in [6.07, 6.45) is 8.45. The number of hydrogen-bond acceptors (Lipinski definition) is 4. The van der Waals surface area contributed by atoms with Crippen LogP contribution in [0.25, 0.3) is 11.0 Å². The summed E-state index contributed by atoms with van der Waals surface area (Å²) >= 11 is 0. The molecule has 7 rings (SSSR count). The van der Waals surface area contributed by atoms with Crippen LogP contribution in [-0.4, -0.2) is 47.4 Å². The van der Waals surface area contributed by atoms with Crippen LogP contribution in [0.1, 0.15) is 48.9 Å². The third-order valence-electron chi connectivity index (χ3n) is 8.12. The second-order valence-electron chi connectivity index (χ2n) is 9.91. The molecule has 5 fully saturated rings. The summed E-state index contributed by atoms with van der Waals surface area (Å²) in [5, 5.41) is 0.794. The van der Waals surface area contributed by atoms with Crippen LogP contribution in [0, 0.1) is 17.8 Å². The first-order valence-corrected chi connectivity index (χ1v) is 11.2. The Kier molecular flexibility index (Phi) is 3.92. The SMILES string of the molecule is O=C(c1cc2ccccc2oc1=O)N1CCN(C23CC4CC(CC(C4)C2)C3)CC1. The van der Waals surface area contributed by atoms with E-state index in [-0.39, 0.29) is 11.5 Å². The minimum Gasteiger partial charge on any atom is -0.422 e. The minimum atomic E-state index is -0.530. The third-order valence-corrected chi connectivity index (χ3v) is 8.12. The fraction of sp³-hybridized carbons (Fsp3) is 0.583. The van der Waals surface area contributed by atoms with Crippen LogP contribution in [0.4, 0.5) is 0 Å². The predicted molar refractivity (Wildman–Crippen MR) is 111 cm³/mol. The number of piperazine rings is 1. The Morgan fingerprint density at radius 3 is 2.21 bits per heavy atom. The smallest absolute Gasteiger partial charge is 0.349 e. The van der Waals surface area contributed by atoms with Gasteiger partial charge in [0.1, 0.15) is 11.1 Å². The highest BCUT2D eigenvalue weighted by Crippen LogP contribution is 2.57. The molecule has 5 nitrogen and oxygen atoms in total. The van der Waals surface area contributed by atoms with Crippen molar-refractivity contribution in [2.24, 2.45) is 17.8 Å². The molecule has 1 saturated heterocycles. The number of hydrogen-bond donors (Lipinski definition) is 0. The quantitative estimate of drug-likeness (QED) is 0.734. The summed E-state index contributed by atoms with van der Waals surface area (Å²) in [4.78, 5) is 30.0. The van der Waals surface area contributed by atoms with Crippen molar-refractivity contribution in [3.63, 3.8) is 0 Å². The van der Waals surface area contributed by atoms with Gasteiger partial charge < -0.3 is 9.32 Å². The van der Waals surface area contributed by atoms with Crippen molar-refractivity contribution in [2.75, 3.05) is 26.2 Å². The first-order chi connectivity index (χ1) is 14.1. The molecule has 0 unspecified atom stereocenters. The molecule has 1 aromatic carbocycles. The predicted octanol–water partition coefficient (Wildman–Crippen LogP) is 3.52. The second-order valence-corrected chi connectivity index (χ2v) is 9.91. The van der Waals surface area contributed by atoms with Gasteiger partial charge in [-0.1, -0.05) is 18.2 Å². The molecule has 5 heteroatoms. The van der Waals surface area contributed by atoms with Gasteiger partial charge >= 0.3 is 5.63 Å². The summed E-state index contributed by atoms with van der Waals surface area (Å²) in [6.45, 7) is 3.26. The molecule has 0 spiro atoms. The summed E-state index contributed by atoms with van der Waals surface area (Å²) in [5.74, 6) is 2.61. The van der Waals surface area contributed by atoms with E-state index in [0.717, 1.165) is 36.2 Å². The number of nitrogens with zero attached hydrogens (tertiary/aromatic N) is 2. The standard InChI is InChI=1S/C24H28N2O3/c27-22(20-12-19-3-1-2-4-21(19)29-23(20)28)25-5-7-26(8-6-25)24-13-16-9-17(14-24)11-18(10-16)15-24/h1-4,12,16-18H,5-11,13-15H2. The van der Waals surface area contributed by atoms with Crippen molar-refractivity contribution >= 4 is 16.9 Å². The number of para-hydroxylation sites is 1. The first-order valence-electron chi connectivity index (χ1n) is 11.2. The number of rotatable bonds is 2. The minimum absolute atomic E-state index is 0.159. The van der Waals surface area contributed by atoms with Crippen molar-refractivity contribution in [2.45, 2.75) is 44.1 Å².